The van der Waals surface area contributed by atoms with Crippen LogP contribution in [-0.2, 0) is 27.9 Å². The SMILES string of the molecule is COC(=O)/C=C/c1cncc(N(Cc2ccc(-c3ccc4c(cnn4C)c3)cc2Cl)C(=O)[C@@H]2C[C@@H]3CC[C@H]2C3)c1. The topological polar surface area (TPSA) is 77.3 Å². The molecule has 0 radical (unpaired) electrons. The highest BCUT2D eigenvalue weighted by Gasteiger charge is 2.44. The summed E-state index contributed by atoms with van der Waals surface area (Å²) in [6, 6.07) is 14.1. The van der Waals surface area contributed by atoms with Gasteiger partial charge in [-0.15, -0.1) is 0 Å². The minimum Gasteiger partial charge on any atom is -0.466 e. The van der Waals surface area contributed by atoms with E-state index in [0.29, 0.717) is 34.7 Å². The first-order valence-corrected chi connectivity index (χ1v) is 14.0. The predicted molar refractivity (Wildman–Crippen MR) is 157 cm³/mol. The second-order valence-corrected chi connectivity index (χ2v) is 11.3. The van der Waals surface area contributed by atoms with Crippen molar-refractivity contribution in [2.24, 2.45) is 24.8 Å². The number of aryl methyl sites for hydroxylation is 1. The molecule has 0 spiro atoms. The molecule has 3 atom stereocenters. The number of hydrogen-bond donors (Lipinski definition) is 0. The predicted octanol–water partition coefficient (Wildman–Crippen LogP) is 6.44. The third-order valence-corrected chi connectivity index (χ3v) is 8.80. The van der Waals surface area contributed by atoms with Crippen LogP contribution in [-0.4, -0.2) is 33.8 Å². The second kappa shape index (κ2) is 10.9. The zero-order chi connectivity index (χ0) is 27.8. The van der Waals surface area contributed by atoms with Gasteiger partial charge in [0.25, 0.3) is 0 Å². The average molecular weight is 555 g/mol. The van der Waals surface area contributed by atoms with E-state index in [1.54, 1.807) is 18.5 Å². The van der Waals surface area contributed by atoms with Crippen molar-refractivity contribution in [2.45, 2.75) is 32.2 Å². The normalized spacial score (nSPS) is 19.9. The first-order chi connectivity index (χ1) is 19.4. The fourth-order valence-corrected chi connectivity index (χ4v) is 6.57. The van der Waals surface area contributed by atoms with E-state index in [1.807, 2.05) is 47.1 Å². The Morgan fingerprint density at radius 1 is 1.07 bits per heavy atom. The number of esters is 1. The van der Waals surface area contributed by atoms with Crippen molar-refractivity contribution in [3.63, 3.8) is 0 Å². The summed E-state index contributed by atoms with van der Waals surface area (Å²) in [4.78, 5) is 31.9. The molecule has 0 N–H and O–H groups in total. The fourth-order valence-electron chi connectivity index (χ4n) is 6.33. The van der Waals surface area contributed by atoms with Crippen molar-refractivity contribution in [3.8, 4) is 11.1 Å². The van der Waals surface area contributed by atoms with Crippen LogP contribution in [0.4, 0.5) is 5.69 Å². The van der Waals surface area contributed by atoms with Gasteiger partial charge in [0.15, 0.2) is 0 Å². The highest BCUT2D eigenvalue weighted by Crippen LogP contribution is 2.49. The number of anilines is 1. The van der Waals surface area contributed by atoms with Gasteiger partial charge in [-0.25, -0.2) is 4.79 Å². The summed E-state index contributed by atoms with van der Waals surface area (Å²) < 4.78 is 6.56. The number of carbonyl (C=O) groups is 2. The lowest BCUT2D eigenvalue weighted by Crippen LogP contribution is -2.38. The molecule has 40 heavy (non-hydrogen) atoms. The van der Waals surface area contributed by atoms with Crippen molar-refractivity contribution >= 4 is 46.1 Å². The Morgan fingerprint density at radius 2 is 1.90 bits per heavy atom. The van der Waals surface area contributed by atoms with E-state index < -0.39 is 5.97 Å². The molecule has 6 rings (SSSR count). The van der Waals surface area contributed by atoms with Crippen LogP contribution in [0.25, 0.3) is 28.1 Å². The zero-order valence-corrected chi connectivity index (χ0v) is 23.3. The maximum absolute atomic E-state index is 14.0. The fraction of sp³-hybridized carbons (Fsp3) is 0.312. The molecular formula is C32H31ClN4O3. The summed E-state index contributed by atoms with van der Waals surface area (Å²) in [5.74, 6) is 0.765. The molecule has 2 aromatic carbocycles. The van der Waals surface area contributed by atoms with E-state index in [-0.39, 0.29) is 11.8 Å². The van der Waals surface area contributed by atoms with E-state index in [4.69, 9.17) is 16.3 Å². The number of benzene rings is 2. The number of halogens is 1. The van der Waals surface area contributed by atoms with Crippen molar-refractivity contribution in [1.82, 2.24) is 14.8 Å². The summed E-state index contributed by atoms with van der Waals surface area (Å²) in [5, 5.41) is 6.01. The number of amides is 1. The van der Waals surface area contributed by atoms with E-state index in [9.17, 15) is 9.59 Å². The number of aromatic nitrogens is 3. The van der Waals surface area contributed by atoms with Crippen molar-refractivity contribution in [1.29, 1.82) is 0 Å². The summed E-state index contributed by atoms with van der Waals surface area (Å²) in [6.07, 6.45) is 12.6. The number of carbonyl (C=O) groups excluding carboxylic acids is 2. The van der Waals surface area contributed by atoms with Gasteiger partial charge in [0.1, 0.15) is 0 Å². The Bertz CT molecular complexity index is 1630. The monoisotopic (exact) mass is 554 g/mol. The standard InChI is InChI=1S/C32H31ClN4O3/c1-36-30-9-8-22(14-26(30)17-35-36)23-6-7-25(29(33)15-23)19-37(32(39)28-13-20-3-5-24(28)11-20)27-12-21(16-34-18-27)4-10-31(38)40-2/h4,6-10,12,14-18,20,24,28H,3,5,11,13,19H2,1-2H3/b10-4+/t20-,24+,28-/m1/s1. The molecular weight excluding hydrogens is 524 g/mol. The van der Waals surface area contributed by atoms with Crippen LogP contribution < -0.4 is 4.90 Å². The molecule has 204 valence electrons. The van der Waals surface area contributed by atoms with E-state index in [0.717, 1.165) is 46.9 Å². The van der Waals surface area contributed by atoms with Gasteiger partial charge in [-0.05, 0) is 83.7 Å². The maximum atomic E-state index is 14.0. The minimum absolute atomic E-state index is 0.0114. The molecule has 2 aliphatic carbocycles. The van der Waals surface area contributed by atoms with Crippen LogP contribution in [0.15, 0.2) is 67.1 Å². The zero-order valence-electron chi connectivity index (χ0n) is 22.6. The third kappa shape index (κ3) is 5.13. The van der Waals surface area contributed by atoms with Crippen LogP contribution in [0.1, 0.15) is 36.8 Å². The molecule has 2 bridgehead atoms. The number of hydrogen-bond acceptors (Lipinski definition) is 5. The number of ether oxygens (including phenoxy) is 1. The van der Waals surface area contributed by atoms with Crippen LogP contribution in [0.5, 0.6) is 0 Å². The molecule has 1 amide bonds. The second-order valence-electron chi connectivity index (χ2n) is 10.9. The lowest BCUT2D eigenvalue weighted by atomic mass is 9.87. The lowest BCUT2D eigenvalue weighted by molar-refractivity contribution is -0.134. The number of rotatable bonds is 7. The molecule has 2 aromatic heterocycles. The van der Waals surface area contributed by atoms with Crippen molar-refractivity contribution in [2.75, 3.05) is 12.0 Å². The van der Waals surface area contributed by atoms with Gasteiger partial charge in [-0.3, -0.25) is 14.5 Å². The third-order valence-electron chi connectivity index (χ3n) is 8.45. The quantitative estimate of drug-likeness (QED) is 0.194. The van der Waals surface area contributed by atoms with Crippen LogP contribution in [0.2, 0.25) is 5.02 Å². The van der Waals surface area contributed by atoms with Crippen molar-refractivity contribution in [3.05, 3.63) is 83.3 Å². The van der Waals surface area contributed by atoms with Crippen molar-refractivity contribution < 1.29 is 14.3 Å². The lowest BCUT2D eigenvalue weighted by Gasteiger charge is -2.30. The molecule has 2 fully saturated rings. The molecule has 8 heteroatoms. The largest absolute Gasteiger partial charge is 0.466 e. The smallest absolute Gasteiger partial charge is 0.330 e. The molecule has 2 saturated carbocycles. The summed E-state index contributed by atoms with van der Waals surface area (Å²) >= 11 is 6.86. The number of methoxy groups -OCH3 is 1. The number of nitrogens with zero attached hydrogens (tertiary/aromatic N) is 4. The molecule has 0 aliphatic heterocycles. The summed E-state index contributed by atoms with van der Waals surface area (Å²) in [6.45, 7) is 0.333. The molecule has 2 aliphatic rings. The van der Waals surface area contributed by atoms with Crippen LogP contribution in [0.3, 0.4) is 0 Å². The molecule has 0 saturated heterocycles. The first-order valence-electron chi connectivity index (χ1n) is 13.6. The highest BCUT2D eigenvalue weighted by atomic mass is 35.5. The van der Waals surface area contributed by atoms with Crippen LogP contribution >= 0.6 is 11.6 Å². The first kappa shape index (κ1) is 26.3. The summed E-state index contributed by atoms with van der Waals surface area (Å²) in [7, 11) is 3.27. The van der Waals surface area contributed by atoms with Gasteiger partial charge in [0, 0.05) is 35.6 Å². The highest BCUT2D eigenvalue weighted by molar-refractivity contribution is 6.31. The van der Waals surface area contributed by atoms with Gasteiger partial charge in [0.2, 0.25) is 5.91 Å². The Kier molecular flexibility index (Phi) is 7.15. The number of fused-ring (bicyclic) bond motifs is 3. The van der Waals surface area contributed by atoms with E-state index in [1.165, 1.54) is 19.6 Å². The maximum Gasteiger partial charge on any atom is 0.330 e. The van der Waals surface area contributed by atoms with Gasteiger partial charge < -0.3 is 9.64 Å². The van der Waals surface area contributed by atoms with E-state index in [2.05, 4.69) is 28.3 Å². The Labute approximate surface area is 238 Å². The van der Waals surface area contributed by atoms with Crippen LogP contribution in [0, 0.1) is 17.8 Å². The van der Waals surface area contributed by atoms with Gasteiger partial charge in [-0.1, -0.05) is 36.2 Å². The Hall–Kier alpha value is -3.97. The molecule has 2 heterocycles. The molecule has 0 unspecified atom stereocenters. The summed E-state index contributed by atoms with van der Waals surface area (Å²) in [5.41, 5.74) is 5.38. The van der Waals surface area contributed by atoms with Gasteiger partial charge in [0.05, 0.1) is 37.3 Å². The minimum atomic E-state index is -0.449. The van der Waals surface area contributed by atoms with Gasteiger partial charge in [-0.2, -0.15) is 5.10 Å². The van der Waals surface area contributed by atoms with Gasteiger partial charge >= 0.3 is 5.97 Å². The Balaban J connectivity index is 1.31. The van der Waals surface area contributed by atoms with E-state index >= 15 is 0 Å². The molecule has 7 nitrogen and oxygen atoms in total. The molecule has 4 aromatic rings. The Morgan fingerprint density at radius 3 is 2.65 bits per heavy atom. The number of pyridine rings is 1. The average Bonchev–Trinajstić information content (AvgIpc) is 3.71.